The topological polar surface area (TPSA) is 60.2 Å². The fraction of sp³-hybridized carbons (Fsp3) is 0.750. The molecule has 1 unspecified atom stereocenters. The third kappa shape index (κ3) is 3.57. The van der Waals surface area contributed by atoms with Crippen LogP contribution in [0.3, 0.4) is 0 Å². The van der Waals surface area contributed by atoms with Gasteiger partial charge >= 0.3 is 6.30 Å². The number of halogens is 1. The second-order valence-electron chi connectivity index (χ2n) is 1.63. The van der Waals surface area contributed by atoms with Gasteiger partial charge in [0, 0.05) is 0 Å². The molecule has 0 aromatic carbocycles. The molecule has 1 atom stereocenters. The summed E-state index contributed by atoms with van der Waals surface area (Å²) in [5.74, 6) is -0.515. The van der Waals surface area contributed by atoms with E-state index >= 15 is 0 Å². The summed E-state index contributed by atoms with van der Waals surface area (Å²) in [7, 11) is 0. The van der Waals surface area contributed by atoms with Crippen LogP contribution >= 0.6 is 0 Å². The molecule has 0 rings (SSSR count). The molecule has 0 fully saturated rings. The van der Waals surface area contributed by atoms with Gasteiger partial charge in [0.1, 0.15) is 12.2 Å². The highest BCUT2D eigenvalue weighted by molar-refractivity contribution is 5.75. The van der Waals surface area contributed by atoms with E-state index in [9.17, 15) is 19.3 Å². The summed E-state index contributed by atoms with van der Waals surface area (Å²) < 4.78 is 11.9. The van der Waals surface area contributed by atoms with Gasteiger partial charge in [-0.25, -0.2) is 0 Å². The van der Waals surface area contributed by atoms with Crippen LogP contribution in [0.25, 0.3) is 0 Å². The van der Waals surface area contributed by atoms with Crippen LogP contribution in [0, 0.1) is 10.1 Å². The first-order valence-corrected chi connectivity index (χ1v) is 2.31. The number of carbonyl (C=O) groups is 1. The van der Waals surface area contributed by atoms with Crippen molar-refractivity contribution in [3.8, 4) is 0 Å². The molecule has 0 heterocycles. The number of nitrogens with zero attached hydrogens (tertiary/aromatic N) is 1. The van der Waals surface area contributed by atoms with Crippen molar-refractivity contribution in [2.75, 3.05) is 0 Å². The van der Waals surface area contributed by atoms with Gasteiger partial charge in [-0.05, 0) is 6.92 Å². The van der Waals surface area contributed by atoms with Crippen molar-refractivity contribution < 1.29 is 14.1 Å². The fourth-order valence-corrected chi connectivity index (χ4v) is 0.312. The summed E-state index contributed by atoms with van der Waals surface area (Å²) in [6, 6.07) is 0. The van der Waals surface area contributed by atoms with Crippen molar-refractivity contribution in [1.29, 1.82) is 0 Å². The summed E-state index contributed by atoms with van der Waals surface area (Å²) >= 11 is 0. The molecule has 0 saturated heterocycles. The highest BCUT2D eigenvalue weighted by Gasteiger charge is 2.19. The Labute approximate surface area is 50.8 Å². The second-order valence-corrected chi connectivity index (χ2v) is 1.63. The minimum absolute atomic E-state index is 0.515. The van der Waals surface area contributed by atoms with Gasteiger partial charge in [-0.1, -0.05) is 0 Å². The highest BCUT2D eigenvalue weighted by Crippen LogP contribution is 1.97. The van der Waals surface area contributed by atoms with Crippen LogP contribution < -0.4 is 0 Å². The van der Waals surface area contributed by atoms with Crippen molar-refractivity contribution in [2.45, 2.75) is 19.6 Å². The molecule has 0 N–H and O–H groups in total. The van der Waals surface area contributed by atoms with Gasteiger partial charge in [0.05, 0.1) is 4.92 Å². The number of ketones is 1. The molecule has 0 aromatic heterocycles. The number of Topliss-reactive ketones (excluding diaryl/α,β-unsaturated/α-hetero) is 1. The van der Waals surface area contributed by atoms with Gasteiger partial charge in [0.15, 0.2) is 0 Å². The van der Waals surface area contributed by atoms with E-state index in [4.69, 9.17) is 0 Å². The van der Waals surface area contributed by atoms with E-state index in [1.807, 2.05) is 0 Å². The van der Waals surface area contributed by atoms with Crippen LogP contribution in [0.15, 0.2) is 0 Å². The Morgan fingerprint density at radius 2 is 2.33 bits per heavy atom. The lowest BCUT2D eigenvalue weighted by atomic mass is 10.3. The average Bonchev–Trinajstić information content (AvgIpc) is 1.63. The van der Waals surface area contributed by atoms with Crippen LogP contribution in [0.2, 0.25) is 0 Å². The van der Waals surface area contributed by atoms with Crippen molar-refractivity contribution in [3.05, 3.63) is 10.1 Å². The number of nitro groups is 1. The average molecular weight is 135 g/mol. The maximum absolute atomic E-state index is 11.9. The summed E-state index contributed by atoms with van der Waals surface area (Å²) in [5.41, 5.74) is 0. The van der Waals surface area contributed by atoms with Crippen LogP contribution in [-0.2, 0) is 4.79 Å². The molecule has 9 heavy (non-hydrogen) atoms. The molecule has 4 nitrogen and oxygen atoms in total. The van der Waals surface area contributed by atoms with Gasteiger partial charge in [-0.2, -0.15) is 4.39 Å². The molecular weight excluding hydrogens is 129 g/mol. The zero-order chi connectivity index (χ0) is 7.44. The predicted octanol–water partition coefficient (Wildman–Crippen LogP) is 0.538. The fourth-order valence-electron chi connectivity index (χ4n) is 0.312. The van der Waals surface area contributed by atoms with Gasteiger partial charge < -0.3 is 0 Å². The van der Waals surface area contributed by atoms with Crippen molar-refractivity contribution in [1.82, 2.24) is 0 Å². The lowest BCUT2D eigenvalue weighted by molar-refractivity contribution is -0.551. The van der Waals surface area contributed by atoms with E-state index in [0.717, 1.165) is 6.92 Å². The van der Waals surface area contributed by atoms with Crippen molar-refractivity contribution in [3.63, 3.8) is 0 Å². The number of hydrogen-bond acceptors (Lipinski definition) is 3. The van der Waals surface area contributed by atoms with Crippen LogP contribution in [0.4, 0.5) is 4.39 Å². The molecule has 0 aliphatic carbocycles. The van der Waals surface area contributed by atoms with Gasteiger partial charge in [-0.15, -0.1) is 0 Å². The standard InChI is InChI=1S/C4H6FNO3/c1-3(7)2-4(5)6(8)9/h4H,2H2,1H3. The minimum Gasteiger partial charge on any atom is -0.300 e. The Balaban J connectivity index is 3.63. The highest BCUT2D eigenvalue weighted by atomic mass is 19.1. The number of alkyl halides is 1. The third-order valence-electron chi connectivity index (χ3n) is 0.685. The normalized spacial score (nSPS) is 12.7. The Kier molecular flexibility index (Phi) is 2.77. The van der Waals surface area contributed by atoms with E-state index in [-0.39, 0.29) is 0 Å². The summed E-state index contributed by atoms with van der Waals surface area (Å²) in [6.45, 7) is 1.11. The van der Waals surface area contributed by atoms with Gasteiger partial charge in [-0.3, -0.25) is 14.9 Å². The van der Waals surface area contributed by atoms with Crippen LogP contribution in [-0.4, -0.2) is 17.0 Å². The predicted molar refractivity (Wildman–Crippen MR) is 27.2 cm³/mol. The molecule has 5 heteroatoms. The smallest absolute Gasteiger partial charge is 0.300 e. The zero-order valence-corrected chi connectivity index (χ0v) is 4.83. The SMILES string of the molecule is CC(=O)CC(F)[N+](=O)[O-]. The lowest BCUT2D eigenvalue weighted by Crippen LogP contribution is -2.16. The van der Waals surface area contributed by atoms with E-state index in [1.165, 1.54) is 0 Å². The Bertz CT molecular complexity index is 136. The molecule has 0 aliphatic rings. The molecule has 0 aromatic rings. The maximum atomic E-state index is 11.9. The quantitative estimate of drug-likeness (QED) is 0.322. The molecule has 0 saturated carbocycles. The first-order chi connectivity index (χ1) is 4.04. The van der Waals surface area contributed by atoms with E-state index in [0.29, 0.717) is 0 Å². The molecule has 0 radical (unpaired) electrons. The first kappa shape index (κ1) is 8.00. The van der Waals surface area contributed by atoms with Gasteiger partial charge in [0.2, 0.25) is 0 Å². The Morgan fingerprint density at radius 3 is 2.44 bits per heavy atom. The van der Waals surface area contributed by atoms with Crippen LogP contribution in [0.1, 0.15) is 13.3 Å². The van der Waals surface area contributed by atoms with E-state index in [1.54, 1.807) is 0 Å². The van der Waals surface area contributed by atoms with Gasteiger partial charge in [0.25, 0.3) is 0 Å². The Morgan fingerprint density at radius 1 is 1.89 bits per heavy atom. The third-order valence-corrected chi connectivity index (χ3v) is 0.685. The summed E-state index contributed by atoms with van der Waals surface area (Å²) in [6.07, 6.45) is -2.87. The van der Waals surface area contributed by atoms with E-state index in [2.05, 4.69) is 0 Å². The molecule has 0 amide bonds. The first-order valence-electron chi connectivity index (χ1n) is 2.31. The molecular formula is C4H6FNO3. The summed E-state index contributed by atoms with van der Waals surface area (Å²) in [5, 5.41) is 9.51. The Hall–Kier alpha value is -1.00. The summed E-state index contributed by atoms with van der Waals surface area (Å²) in [4.78, 5) is 18.4. The molecule has 0 aliphatic heterocycles. The monoisotopic (exact) mass is 135 g/mol. The zero-order valence-electron chi connectivity index (χ0n) is 4.83. The molecule has 52 valence electrons. The van der Waals surface area contributed by atoms with E-state index < -0.39 is 23.4 Å². The van der Waals surface area contributed by atoms with Crippen molar-refractivity contribution >= 4 is 5.78 Å². The minimum atomic E-state index is -2.23. The van der Waals surface area contributed by atoms with Crippen molar-refractivity contribution in [2.24, 2.45) is 0 Å². The maximum Gasteiger partial charge on any atom is 0.356 e. The largest absolute Gasteiger partial charge is 0.356 e. The number of rotatable bonds is 3. The number of carbonyl (C=O) groups excluding carboxylic acids is 1. The second kappa shape index (κ2) is 3.11. The van der Waals surface area contributed by atoms with Crippen LogP contribution in [0.5, 0.6) is 0 Å². The molecule has 0 spiro atoms. The number of hydrogen-bond donors (Lipinski definition) is 0. The lowest BCUT2D eigenvalue weighted by Gasteiger charge is -1.93. The molecule has 0 bridgehead atoms.